The molecule has 1 nitrogen and oxygen atoms in total. The Morgan fingerprint density at radius 1 is 1.41 bits per heavy atom. The fourth-order valence-electron chi connectivity index (χ4n) is 5.96. The first-order chi connectivity index (χ1) is 10.4. The number of fused-ring (bicyclic) bond motifs is 1. The van der Waals surface area contributed by atoms with Crippen LogP contribution in [0, 0.1) is 29.1 Å². The molecule has 3 rings (SSSR count). The smallest absolute Gasteiger partial charge is 0.0805 e. The lowest BCUT2D eigenvalue weighted by Gasteiger charge is -2.44. The lowest BCUT2D eigenvalue weighted by Crippen LogP contribution is -2.36. The standard InChI is InChI=1S/C20H31IO/c1-14(11-15-8-10-19(2,22)12-15)17-6-7-18-16(13-21)5-4-9-20(17,18)3/h8,10,13-15,17-18,22H,4-7,9,11-12H2,1-3H3/t14-,15+,17-,18?,19-,20-/m1/s1. The highest BCUT2D eigenvalue weighted by Crippen LogP contribution is 2.60. The van der Waals surface area contributed by atoms with E-state index in [0.717, 1.165) is 24.2 Å². The van der Waals surface area contributed by atoms with E-state index in [2.05, 4.69) is 46.6 Å². The predicted octanol–water partition coefficient (Wildman–Crippen LogP) is 5.88. The average Bonchev–Trinajstić information content (AvgIpc) is 2.97. The largest absolute Gasteiger partial charge is 0.386 e. The summed E-state index contributed by atoms with van der Waals surface area (Å²) in [6.45, 7) is 6.99. The SMILES string of the molecule is C[C@H](C[C@@H]1C=C[C@@](C)(O)C1)[C@H]1CCC2C(=CI)CCC[C@@]21C. The van der Waals surface area contributed by atoms with Crippen LogP contribution in [0.15, 0.2) is 21.8 Å². The fraction of sp³-hybridized carbons (Fsp3) is 0.800. The van der Waals surface area contributed by atoms with Gasteiger partial charge in [0.05, 0.1) is 5.60 Å². The Hall–Kier alpha value is 0.170. The minimum absolute atomic E-state index is 0.527. The van der Waals surface area contributed by atoms with E-state index in [0.29, 0.717) is 11.3 Å². The van der Waals surface area contributed by atoms with E-state index in [1.807, 2.05) is 13.0 Å². The average molecular weight is 414 g/mol. The topological polar surface area (TPSA) is 20.2 Å². The van der Waals surface area contributed by atoms with Crippen molar-refractivity contribution in [3.63, 3.8) is 0 Å². The molecule has 1 unspecified atom stereocenters. The molecule has 0 radical (unpaired) electrons. The van der Waals surface area contributed by atoms with Crippen LogP contribution in [-0.4, -0.2) is 10.7 Å². The zero-order valence-corrected chi connectivity index (χ0v) is 16.5. The van der Waals surface area contributed by atoms with Gasteiger partial charge in [0.25, 0.3) is 0 Å². The van der Waals surface area contributed by atoms with E-state index < -0.39 is 5.60 Å². The summed E-state index contributed by atoms with van der Waals surface area (Å²) in [5, 5.41) is 10.2. The van der Waals surface area contributed by atoms with Crippen LogP contribution in [0.1, 0.15) is 65.7 Å². The molecule has 0 amide bonds. The third-order valence-electron chi connectivity index (χ3n) is 6.94. The van der Waals surface area contributed by atoms with Gasteiger partial charge in [0.2, 0.25) is 0 Å². The van der Waals surface area contributed by atoms with Gasteiger partial charge >= 0.3 is 0 Å². The van der Waals surface area contributed by atoms with Crippen LogP contribution in [-0.2, 0) is 0 Å². The van der Waals surface area contributed by atoms with E-state index in [-0.39, 0.29) is 0 Å². The number of allylic oxidation sites excluding steroid dienone is 2. The summed E-state index contributed by atoms with van der Waals surface area (Å²) in [6.07, 6.45) is 13.4. The van der Waals surface area contributed by atoms with Crippen molar-refractivity contribution in [1.29, 1.82) is 0 Å². The summed E-state index contributed by atoms with van der Waals surface area (Å²) in [5.41, 5.74) is 1.70. The molecule has 3 aliphatic carbocycles. The number of halogens is 1. The van der Waals surface area contributed by atoms with Crippen molar-refractivity contribution in [2.24, 2.45) is 29.1 Å². The zero-order chi connectivity index (χ0) is 16.0. The minimum Gasteiger partial charge on any atom is -0.386 e. The van der Waals surface area contributed by atoms with Crippen LogP contribution in [0.4, 0.5) is 0 Å². The zero-order valence-electron chi connectivity index (χ0n) is 14.3. The van der Waals surface area contributed by atoms with E-state index in [1.165, 1.54) is 38.5 Å². The van der Waals surface area contributed by atoms with Gasteiger partial charge in [0, 0.05) is 0 Å². The predicted molar refractivity (Wildman–Crippen MR) is 102 cm³/mol. The molecule has 124 valence electrons. The Balaban J connectivity index is 1.69. The Morgan fingerprint density at radius 2 is 2.18 bits per heavy atom. The third-order valence-corrected chi connectivity index (χ3v) is 7.74. The van der Waals surface area contributed by atoms with Gasteiger partial charge in [0.15, 0.2) is 0 Å². The molecule has 0 aromatic carbocycles. The molecule has 0 aliphatic heterocycles. The number of rotatable bonds is 3. The summed E-state index contributed by atoms with van der Waals surface area (Å²) in [4.78, 5) is 0. The molecule has 1 N–H and O–H groups in total. The second kappa shape index (κ2) is 6.23. The van der Waals surface area contributed by atoms with Crippen LogP contribution in [0.5, 0.6) is 0 Å². The number of hydrogen-bond acceptors (Lipinski definition) is 1. The van der Waals surface area contributed by atoms with Crippen molar-refractivity contribution in [3.05, 3.63) is 21.8 Å². The van der Waals surface area contributed by atoms with Gasteiger partial charge in [-0.15, -0.1) is 0 Å². The van der Waals surface area contributed by atoms with Gasteiger partial charge in [-0.3, -0.25) is 0 Å². The van der Waals surface area contributed by atoms with Gasteiger partial charge in [-0.2, -0.15) is 0 Å². The maximum Gasteiger partial charge on any atom is 0.0805 e. The molecule has 0 bridgehead atoms. The monoisotopic (exact) mass is 414 g/mol. The van der Waals surface area contributed by atoms with Gasteiger partial charge in [-0.05, 0) is 85.0 Å². The van der Waals surface area contributed by atoms with Gasteiger partial charge in [-0.25, -0.2) is 0 Å². The highest BCUT2D eigenvalue weighted by Gasteiger charge is 2.50. The van der Waals surface area contributed by atoms with Crippen LogP contribution in [0.3, 0.4) is 0 Å². The van der Waals surface area contributed by atoms with Crippen LogP contribution < -0.4 is 0 Å². The minimum atomic E-state index is -0.561. The van der Waals surface area contributed by atoms with E-state index in [1.54, 1.807) is 5.57 Å². The van der Waals surface area contributed by atoms with Crippen molar-refractivity contribution < 1.29 is 5.11 Å². The molecule has 2 heteroatoms. The molecule has 0 aromatic heterocycles. The maximum absolute atomic E-state index is 10.2. The molecule has 6 atom stereocenters. The van der Waals surface area contributed by atoms with Gasteiger partial charge in [0.1, 0.15) is 0 Å². The van der Waals surface area contributed by atoms with Crippen LogP contribution in [0.25, 0.3) is 0 Å². The molecule has 2 saturated carbocycles. The van der Waals surface area contributed by atoms with Crippen LogP contribution >= 0.6 is 22.6 Å². The summed E-state index contributed by atoms with van der Waals surface area (Å²) in [6, 6.07) is 0. The highest BCUT2D eigenvalue weighted by atomic mass is 127. The van der Waals surface area contributed by atoms with Crippen molar-refractivity contribution >= 4 is 22.6 Å². The van der Waals surface area contributed by atoms with Crippen LogP contribution in [0.2, 0.25) is 0 Å². The summed E-state index contributed by atoms with van der Waals surface area (Å²) in [5.74, 6) is 3.05. The number of hydrogen-bond donors (Lipinski definition) is 1. The quantitative estimate of drug-likeness (QED) is 0.452. The van der Waals surface area contributed by atoms with Gasteiger partial charge < -0.3 is 5.11 Å². The first-order valence-corrected chi connectivity index (χ1v) is 10.3. The maximum atomic E-state index is 10.2. The normalized spacial score (nSPS) is 47.9. The van der Waals surface area contributed by atoms with E-state index in [4.69, 9.17) is 0 Å². The Labute approximate surface area is 149 Å². The lowest BCUT2D eigenvalue weighted by molar-refractivity contribution is 0.0756. The van der Waals surface area contributed by atoms with Gasteiger partial charge in [-0.1, -0.05) is 54.2 Å². The van der Waals surface area contributed by atoms with Crippen molar-refractivity contribution in [2.75, 3.05) is 0 Å². The third kappa shape index (κ3) is 3.07. The molecule has 0 spiro atoms. The van der Waals surface area contributed by atoms with E-state index in [9.17, 15) is 5.11 Å². The molecular weight excluding hydrogens is 383 g/mol. The van der Waals surface area contributed by atoms with Crippen molar-refractivity contribution in [2.45, 2.75) is 71.3 Å². The molecule has 22 heavy (non-hydrogen) atoms. The Morgan fingerprint density at radius 3 is 2.82 bits per heavy atom. The van der Waals surface area contributed by atoms with Crippen molar-refractivity contribution in [1.82, 2.24) is 0 Å². The highest BCUT2D eigenvalue weighted by molar-refractivity contribution is 14.1. The molecule has 0 saturated heterocycles. The first kappa shape index (κ1) is 17.0. The summed E-state index contributed by atoms with van der Waals surface area (Å²) in [7, 11) is 0. The molecular formula is C20H31IO. The Kier molecular flexibility index (Phi) is 4.82. The molecule has 0 aromatic rings. The second-order valence-corrected chi connectivity index (χ2v) is 9.30. The summed E-state index contributed by atoms with van der Waals surface area (Å²) < 4.78 is 2.38. The molecule has 2 fully saturated rings. The molecule has 3 aliphatic rings. The molecule has 0 heterocycles. The fourth-order valence-corrected chi connectivity index (χ4v) is 6.70. The van der Waals surface area contributed by atoms with E-state index >= 15 is 0 Å². The van der Waals surface area contributed by atoms with Crippen molar-refractivity contribution in [3.8, 4) is 0 Å². The Bertz CT molecular complexity index is 478. The number of aliphatic hydroxyl groups is 1. The second-order valence-electron chi connectivity index (χ2n) is 8.67. The summed E-state index contributed by atoms with van der Waals surface area (Å²) >= 11 is 2.46. The first-order valence-electron chi connectivity index (χ1n) is 9.06. The lowest BCUT2D eigenvalue weighted by atomic mass is 9.61.